The first kappa shape index (κ1) is 20.8. The molecule has 0 atom stereocenters. The van der Waals surface area contributed by atoms with Gasteiger partial charge in [-0.05, 0) is 36.6 Å². The Kier molecular flexibility index (Phi) is 6.92. The summed E-state index contributed by atoms with van der Waals surface area (Å²) in [6.45, 7) is 5.26. The molecule has 0 saturated heterocycles. The SMILES string of the molecule is C=CCn1c(CSc2ccccc2)nnc1SCC(=O)N1CCCc2ccccc21. The van der Waals surface area contributed by atoms with E-state index in [-0.39, 0.29) is 5.91 Å². The van der Waals surface area contributed by atoms with Crippen molar-refractivity contribution in [2.75, 3.05) is 17.2 Å². The number of nitrogens with zero attached hydrogens (tertiary/aromatic N) is 4. The molecule has 5 nitrogen and oxygen atoms in total. The van der Waals surface area contributed by atoms with Crippen molar-refractivity contribution in [1.29, 1.82) is 0 Å². The van der Waals surface area contributed by atoms with Crippen molar-refractivity contribution < 1.29 is 4.79 Å². The first-order valence-electron chi connectivity index (χ1n) is 9.98. The van der Waals surface area contributed by atoms with Crippen LogP contribution in [-0.4, -0.2) is 33.0 Å². The predicted octanol–water partition coefficient (Wildman–Crippen LogP) is 4.83. The lowest BCUT2D eigenvalue weighted by Crippen LogP contribution is -2.36. The zero-order chi connectivity index (χ0) is 20.8. The van der Waals surface area contributed by atoms with Crippen LogP contribution in [0, 0.1) is 0 Å². The van der Waals surface area contributed by atoms with Gasteiger partial charge in [0, 0.05) is 23.7 Å². The van der Waals surface area contributed by atoms with Gasteiger partial charge in [-0.15, -0.1) is 28.5 Å². The number of amides is 1. The van der Waals surface area contributed by atoms with Crippen LogP contribution in [0.15, 0.2) is 77.3 Å². The molecule has 1 amide bonds. The van der Waals surface area contributed by atoms with Gasteiger partial charge in [0.05, 0.1) is 11.5 Å². The summed E-state index contributed by atoms with van der Waals surface area (Å²) in [5.41, 5.74) is 2.29. The predicted molar refractivity (Wildman–Crippen MR) is 124 cm³/mol. The summed E-state index contributed by atoms with van der Waals surface area (Å²) in [6, 6.07) is 18.4. The van der Waals surface area contributed by atoms with Crippen molar-refractivity contribution in [3.05, 3.63) is 78.6 Å². The molecule has 1 aliphatic heterocycles. The second kappa shape index (κ2) is 10.00. The topological polar surface area (TPSA) is 51.0 Å². The van der Waals surface area contributed by atoms with Crippen LogP contribution in [0.2, 0.25) is 0 Å². The molecule has 1 aromatic heterocycles. The molecule has 30 heavy (non-hydrogen) atoms. The number of hydrogen-bond acceptors (Lipinski definition) is 5. The van der Waals surface area contributed by atoms with Crippen molar-refractivity contribution in [2.45, 2.75) is 35.2 Å². The standard InChI is InChI=1S/C23H24N4OS2/c1-2-14-27-21(16-29-19-11-4-3-5-12-19)24-25-23(27)30-17-22(28)26-15-8-10-18-9-6-7-13-20(18)26/h2-7,9,11-13H,1,8,10,14-17H2. The Morgan fingerprint density at radius 2 is 1.87 bits per heavy atom. The lowest BCUT2D eigenvalue weighted by Gasteiger charge is -2.29. The molecule has 7 heteroatoms. The van der Waals surface area contributed by atoms with Gasteiger partial charge < -0.3 is 9.47 Å². The van der Waals surface area contributed by atoms with Crippen LogP contribution in [0.3, 0.4) is 0 Å². The normalized spacial score (nSPS) is 13.1. The maximum atomic E-state index is 12.9. The Morgan fingerprint density at radius 1 is 1.07 bits per heavy atom. The number of fused-ring (bicyclic) bond motifs is 1. The smallest absolute Gasteiger partial charge is 0.237 e. The van der Waals surface area contributed by atoms with Gasteiger partial charge in [0.25, 0.3) is 0 Å². The molecule has 154 valence electrons. The highest BCUT2D eigenvalue weighted by molar-refractivity contribution is 7.99. The minimum Gasteiger partial charge on any atom is -0.311 e. The number of anilines is 1. The Labute approximate surface area is 185 Å². The second-order valence-electron chi connectivity index (χ2n) is 6.97. The van der Waals surface area contributed by atoms with E-state index in [1.165, 1.54) is 22.2 Å². The summed E-state index contributed by atoms with van der Waals surface area (Å²) in [5.74, 6) is 2.07. The van der Waals surface area contributed by atoms with E-state index < -0.39 is 0 Å². The largest absolute Gasteiger partial charge is 0.311 e. The molecule has 3 aromatic rings. The molecule has 2 heterocycles. The number of allylic oxidation sites excluding steroid dienone is 1. The van der Waals surface area contributed by atoms with Crippen molar-refractivity contribution in [3.8, 4) is 0 Å². The number of para-hydroxylation sites is 1. The van der Waals surface area contributed by atoms with E-state index in [2.05, 4.69) is 35.0 Å². The molecule has 1 aliphatic rings. The minimum absolute atomic E-state index is 0.112. The number of thioether (sulfide) groups is 2. The van der Waals surface area contributed by atoms with Crippen molar-refractivity contribution in [2.24, 2.45) is 0 Å². The van der Waals surface area contributed by atoms with Crippen LogP contribution < -0.4 is 4.90 Å². The van der Waals surface area contributed by atoms with Gasteiger partial charge in [0.2, 0.25) is 5.91 Å². The Balaban J connectivity index is 1.42. The van der Waals surface area contributed by atoms with Gasteiger partial charge in [-0.25, -0.2) is 0 Å². The Morgan fingerprint density at radius 3 is 2.70 bits per heavy atom. The summed E-state index contributed by atoms with van der Waals surface area (Å²) in [4.78, 5) is 16.0. The van der Waals surface area contributed by atoms with Gasteiger partial charge in [-0.2, -0.15) is 0 Å². The number of carbonyl (C=O) groups is 1. The average molecular weight is 437 g/mol. The molecule has 0 fully saturated rings. The fourth-order valence-electron chi connectivity index (χ4n) is 3.51. The van der Waals surface area contributed by atoms with Crippen LogP contribution in [-0.2, 0) is 23.5 Å². The van der Waals surface area contributed by atoms with Gasteiger partial charge in [0.1, 0.15) is 5.82 Å². The summed E-state index contributed by atoms with van der Waals surface area (Å²) < 4.78 is 2.05. The average Bonchev–Trinajstić information content (AvgIpc) is 3.18. The first-order chi connectivity index (χ1) is 14.8. The van der Waals surface area contributed by atoms with Gasteiger partial charge >= 0.3 is 0 Å². The number of aryl methyl sites for hydroxylation is 1. The Hall–Kier alpha value is -2.51. The highest BCUT2D eigenvalue weighted by Gasteiger charge is 2.23. The molecule has 0 saturated carbocycles. The zero-order valence-electron chi connectivity index (χ0n) is 16.7. The summed E-state index contributed by atoms with van der Waals surface area (Å²) in [6.07, 6.45) is 3.87. The van der Waals surface area contributed by atoms with Crippen LogP contribution in [0.25, 0.3) is 0 Å². The molecular formula is C23H24N4OS2. The van der Waals surface area contributed by atoms with E-state index in [4.69, 9.17) is 0 Å². The summed E-state index contributed by atoms with van der Waals surface area (Å²) in [5, 5.41) is 9.49. The van der Waals surface area contributed by atoms with Gasteiger partial charge in [-0.1, -0.05) is 54.2 Å². The molecule has 0 N–H and O–H groups in total. The summed E-state index contributed by atoms with van der Waals surface area (Å²) in [7, 11) is 0. The highest BCUT2D eigenvalue weighted by Crippen LogP contribution is 2.29. The first-order valence-corrected chi connectivity index (χ1v) is 12.0. The highest BCUT2D eigenvalue weighted by atomic mass is 32.2. The van der Waals surface area contributed by atoms with Crippen molar-refractivity contribution >= 4 is 35.1 Å². The van der Waals surface area contributed by atoms with E-state index in [0.717, 1.165) is 41.8 Å². The third kappa shape index (κ3) is 4.79. The van der Waals surface area contributed by atoms with Crippen molar-refractivity contribution in [3.63, 3.8) is 0 Å². The van der Waals surface area contributed by atoms with E-state index >= 15 is 0 Å². The minimum atomic E-state index is 0.112. The van der Waals surface area contributed by atoms with Crippen LogP contribution in [0.1, 0.15) is 17.8 Å². The molecule has 0 aliphatic carbocycles. The molecule has 0 spiro atoms. The zero-order valence-corrected chi connectivity index (χ0v) is 18.4. The molecule has 0 radical (unpaired) electrons. The molecule has 0 bridgehead atoms. The number of carbonyl (C=O) groups excluding carboxylic acids is 1. The van der Waals surface area contributed by atoms with E-state index in [1.54, 1.807) is 11.8 Å². The number of hydrogen-bond donors (Lipinski definition) is 0. The van der Waals surface area contributed by atoms with Crippen molar-refractivity contribution in [1.82, 2.24) is 14.8 Å². The van der Waals surface area contributed by atoms with E-state index in [0.29, 0.717) is 12.3 Å². The maximum Gasteiger partial charge on any atom is 0.237 e. The molecule has 4 rings (SSSR count). The number of rotatable bonds is 8. The monoisotopic (exact) mass is 436 g/mol. The third-order valence-corrected chi connectivity index (χ3v) is 6.91. The Bertz CT molecular complexity index is 1020. The quantitative estimate of drug-likeness (QED) is 0.374. The van der Waals surface area contributed by atoms with Crippen LogP contribution >= 0.6 is 23.5 Å². The summed E-state index contributed by atoms with van der Waals surface area (Å²) >= 11 is 3.17. The lowest BCUT2D eigenvalue weighted by molar-refractivity contribution is -0.116. The number of aromatic nitrogens is 3. The second-order valence-corrected chi connectivity index (χ2v) is 8.96. The maximum absolute atomic E-state index is 12.9. The van der Waals surface area contributed by atoms with E-state index in [1.807, 2.05) is 51.9 Å². The lowest BCUT2D eigenvalue weighted by atomic mass is 10.0. The van der Waals surface area contributed by atoms with Crippen LogP contribution in [0.5, 0.6) is 0 Å². The van der Waals surface area contributed by atoms with Gasteiger partial charge in [-0.3, -0.25) is 4.79 Å². The number of benzene rings is 2. The fourth-order valence-corrected chi connectivity index (χ4v) is 5.21. The van der Waals surface area contributed by atoms with E-state index in [9.17, 15) is 4.79 Å². The van der Waals surface area contributed by atoms with Gasteiger partial charge in [0.15, 0.2) is 5.16 Å². The molecule has 2 aromatic carbocycles. The molecular weight excluding hydrogens is 412 g/mol. The third-order valence-electron chi connectivity index (χ3n) is 4.95. The van der Waals surface area contributed by atoms with Crippen LogP contribution in [0.4, 0.5) is 5.69 Å². The molecule has 0 unspecified atom stereocenters. The fraction of sp³-hybridized carbons (Fsp3) is 0.261.